The van der Waals surface area contributed by atoms with Crippen LogP contribution in [-0.2, 0) is 4.74 Å². The number of anilines is 1. The molecule has 1 aliphatic rings. The van der Waals surface area contributed by atoms with Gasteiger partial charge in [-0.1, -0.05) is 32.0 Å². The molecule has 0 saturated carbocycles. The second-order valence-corrected chi connectivity index (χ2v) is 5.74. The fourth-order valence-electron chi connectivity index (χ4n) is 3.17. The van der Waals surface area contributed by atoms with E-state index in [0.717, 1.165) is 26.1 Å². The molecule has 0 amide bonds. The maximum absolute atomic E-state index is 5.85. The van der Waals surface area contributed by atoms with Gasteiger partial charge < -0.3 is 15.0 Å². The number of hydrogen-bond donors (Lipinski definition) is 1. The summed E-state index contributed by atoms with van der Waals surface area (Å²) in [5.41, 5.74) is 2.78. The van der Waals surface area contributed by atoms with Crippen molar-refractivity contribution in [1.29, 1.82) is 0 Å². The number of benzene rings is 1. The fraction of sp³-hybridized carbons (Fsp3) is 0.647. The van der Waals surface area contributed by atoms with E-state index in [1.54, 1.807) is 0 Å². The third-order valence-corrected chi connectivity index (χ3v) is 3.93. The lowest BCUT2D eigenvalue weighted by molar-refractivity contribution is -0.00528. The van der Waals surface area contributed by atoms with E-state index in [-0.39, 0.29) is 0 Å². The first kappa shape index (κ1) is 15.3. The number of hydrogen-bond acceptors (Lipinski definition) is 3. The lowest BCUT2D eigenvalue weighted by Crippen LogP contribution is -2.46. The zero-order chi connectivity index (χ0) is 14.5. The third kappa shape index (κ3) is 3.53. The smallest absolute Gasteiger partial charge is 0.0726 e. The molecule has 3 nitrogen and oxygen atoms in total. The minimum atomic E-state index is 0.297. The average Bonchev–Trinajstić information content (AvgIpc) is 2.44. The first-order valence-corrected chi connectivity index (χ1v) is 7.88. The number of morpholine rings is 1. The van der Waals surface area contributed by atoms with E-state index in [4.69, 9.17) is 4.74 Å². The molecule has 1 unspecified atom stereocenters. The van der Waals surface area contributed by atoms with Crippen LogP contribution in [0.2, 0.25) is 0 Å². The molecule has 1 saturated heterocycles. The van der Waals surface area contributed by atoms with Crippen molar-refractivity contribution in [3.63, 3.8) is 0 Å². The van der Waals surface area contributed by atoms with Gasteiger partial charge in [0.05, 0.1) is 12.2 Å². The molecule has 1 fully saturated rings. The quantitative estimate of drug-likeness (QED) is 0.892. The maximum Gasteiger partial charge on any atom is 0.0726 e. The van der Waals surface area contributed by atoms with Crippen molar-refractivity contribution >= 4 is 5.69 Å². The lowest BCUT2D eigenvalue weighted by Gasteiger charge is -2.38. The Morgan fingerprint density at radius 1 is 1.20 bits per heavy atom. The van der Waals surface area contributed by atoms with E-state index >= 15 is 0 Å². The molecule has 3 heteroatoms. The van der Waals surface area contributed by atoms with Crippen LogP contribution in [0, 0.1) is 0 Å². The van der Waals surface area contributed by atoms with Crippen LogP contribution < -0.4 is 10.2 Å². The topological polar surface area (TPSA) is 24.5 Å². The highest BCUT2D eigenvalue weighted by Gasteiger charge is 2.25. The van der Waals surface area contributed by atoms with Gasteiger partial charge in [-0.15, -0.1) is 0 Å². The molecule has 3 atom stereocenters. The molecule has 0 spiro atoms. The molecule has 1 aromatic carbocycles. The van der Waals surface area contributed by atoms with Crippen LogP contribution in [0.15, 0.2) is 24.3 Å². The van der Waals surface area contributed by atoms with Gasteiger partial charge in [0.1, 0.15) is 0 Å². The van der Waals surface area contributed by atoms with Gasteiger partial charge in [-0.05, 0) is 38.4 Å². The summed E-state index contributed by atoms with van der Waals surface area (Å²) in [6.45, 7) is 11.7. The summed E-state index contributed by atoms with van der Waals surface area (Å²) >= 11 is 0. The largest absolute Gasteiger partial charge is 0.372 e. The third-order valence-electron chi connectivity index (χ3n) is 3.93. The normalized spacial score (nSPS) is 24.7. The van der Waals surface area contributed by atoms with Crippen molar-refractivity contribution < 1.29 is 4.74 Å². The zero-order valence-corrected chi connectivity index (χ0v) is 13.2. The van der Waals surface area contributed by atoms with Gasteiger partial charge in [0.2, 0.25) is 0 Å². The number of nitrogens with zero attached hydrogens (tertiary/aromatic N) is 1. The molecular formula is C17H28N2O. The average molecular weight is 276 g/mol. The van der Waals surface area contributed by atoms with Gasteiger partial charge in [0.15, 0.2) is 0 Å². The lowest BCUT2D eigenvalue weighted by atomic mass is 10.0. The zero-order valence-electron chi connectivity index (χ0n) is 13.2. The molecule has 20 heavy (non-hydrogen) atoms. The summed E-state index contributed by atoms with van der Waals surface area (Å²) in [5.74, 6) is 0. The number of para-hydroxylation sites is 1. The standard InChI is InChI=1S/C17H28N2O/c1-5-16(18-6-2)15-9-7-8-10-17(15)19-11-13(3)20-14(4)12-19/h7-10,13-14,16,18H,5-6,11-12H2,1-4H3/t13-,14+,16?. The predicted octanol–water partition coefficient (Wildman–Crippen LogP) is 3.36. The molecule has 0 aromatic heterocycles. The molecule has 2 rings (SSSR count). The van der Waals surface area contributed by atoms with E-state index in [0.29, 0.717) is 18.2 Å². The highest BCUT2D eigenvalue weighted by molar-refractivity contribution is 5.55. The van der Waals surface area contributed by atoms with Gasteiger partial charge >= 0.3 is 0 Å². The molecule has 0 radical (unpaired) electrons. The number of nitrogens with one attached hydrogen (secondary N) is 1. The van der Waals surface area contributed by atoms with Crippen molar-refractivity contribution in [1.82, 2.24) is 5.32 Å². The van der Waals surface area contributed by atoms with Crippen LogP contribution in [0.1, 0.15) is 45.7 Å². The van der Waals surface area contributed by atoms with Crippen LogP contribution in [0.4, 0.5) is 5.69 Å². The Hall–Kier alpha value is -1.06. The number of ether oxygens (including phenoxy) is 1. The predicted molar refractivity (Wildman–Crippen MR) is 85.4 cm³/mol. The summed E-state index contributed by atoms with van der Waals surface area (Å²) in [6, 6.07) is 9.23. The Kier molecular flexibility index (Phi) is 5.44. The molecule has 1 aromatic rings. The molecule has 112 valence electrons. The fourth-order valence-corrected chi connectivity index (χ4v) is 3.17. The van der Waals surface area contributed by atoms with Crippen molar-refractivity contribution in [3.8, 4) is 0 Å². The van der Waals surface area contributed by atoms with E-state index < -0.39 is 0 Å². The second kappa shape index (κ2) is 7.09. The highest BCUT2D eigenvalue weighted by Crippen LogP contribution is 2.30. The summed E-state index contributed by atoms with van der Waals surface area (Å²) in [4.78, 5) is 2.48. The van der Waals surface area contributed by atoms with Crippen molar-refractivity contribution in [2.45, 2.75) is 52.4 Å². The van der Waals surface area contributed by atoms with Crippen molar-refractivity contribution in [2.75, 3.05) is 24.5 Å². The molecule has 1 heterocycles. The minimum absolute atomic E-state index is 0.297. The SMILES string of the molecule is CCNC(CC)c1ccccc1N1C[C@@H](C)O[C@@H](C)C1. The van der Waals surface area contributed by atoms with E-state index in [1.807, 2.05) is 0 Å². The van der Waals surface area contributed by atoms with Crippen LogP contribution >= 0.6 is 0 Å². The monoisotopic (exact) mass is 276 g/mol. The summed E-state index contributed by atoms with van der Waals surface area (Å²) in [6.07, 6.45) is 1.71. The van der Waals surface area contributed by atoms with Crippen LogP contribution in [0.5, 0.6) is 0 Å². The molecular weight excluding hydrogens is 248 g/mol. The van der Waals surface area contributed by atoms with Crippen molar-refractivity contribution in [2.24, 2.45) is 0 Å². The van der Waals surface area contributed by atoms with Gasteiger partial charge in [0, 0.05) is 24.8 Å². The van der Waals surface area contributed by atoms with Gasteiger partial charge in [-0.2, -0.15) is 0 Å². The molecule has 0 aliphatic carbocycles. The van der Waals surface area contributed by atoms with E-state index in [9.17, 15) is 0 Å². The van der Waals surface area contributed by atoms with Gasteiger partial charge in [-0.25, -0.2) is 0 Å². The van der Waals surface area contributed by atoms with Crippen LogP contribution in [-0.4, -0.2) is 31.8 Å². The minimum Gasteiger partial charge on any atom is -0.372 e. The van der Waals surface area contributed by atoms with E-state index in [2.05, 4.69) is 62.2 Å². The summed E-state index contributed by atoms with van der Waals surface area (Å²) in [7, 11) is 0. The Morgan fingerprint density at radius 2 is 1.85 bits per heavy atom. The maximum atomic E-state index is 5.85. The van der Waals surface area contributed by atoms with Crippen molar-refractivity contribution in [3.05, 3.63) is 29.8 Å². The first-order valence-electron chi connectivity index (χ1n) is 7.88. The number of rotatable bonds is 5. The summed E-state index contributed by atoms with van der Waals surface area (Å²) in [5, 5.41) is 3.59. The molecule has 1 aliphatic heterocycles. The first-order chi connectivity index (χ1) is 9.65. The van der Waals surface area contributed by atoms with Crippen LogP contribution in [0.25, 0.3) is 0 Å². The molecule has 1 N–H and O–H groups in total. The molecule has 0 bridgehead atoms. The van der Waals surface area contributed by atoms with Crippen LogP contribution in [0.3, 0.4) is 0 Å². The van der Waals surface area contributed by atoms with E-state index in [1.165, 1.54) is 11.3 Å². The highest BCUT2D eigenvalue weighted by atomic mass is 16.5. The Labute approximate surface area is 123 Å². The Morgan fingerprint density at radius 3 is 2.45 bits per heavy atom. The summed E-state index contributed by atoms with van der Waals surface area (Å²) < 4.78 is 5.85. The Balaban J connectivity index is 2.26. The van der Waals surface area contributed by atoms with Gasteiger partial charge in [0.25, 0.3) is 0 Å². The second-order valence-electron chi connectivity index (χ2n) is 5.74. The Bertz CT molecular complexity index is 411. The van der Waals surface area contributed by atoms with Gasteiger partial charge in [-0.3, -0.25) is 0 Å².